The van der Waals surface area contributed by atoms with Crippen molar-refractivity contribution in [2.24, 2.45) is 0 Å². The number of aromatic nitrogens is 1. The van der Waals surface area contributed by atoms with Crippen LogP contribution in [0.25, 0.3) is 82.4 Å². The Morgan fingerprint density at radius 1 is 0.338 bits per heavy atom. The summed E-state index contributed by atoms with van der Waals surface area (Å²) >= 11 is 0. The minimum atomic E-state index is -0.530. The van der Waals surface area contributed by atoms with Crippen LogP contribution in [-0.4, -0.2) is 4.57 Å². The van der Waals surface area contributed by atoms with Gasteiger partial charge in [-0.3, -0.25) is 0 Å². The van der Waals surface area contributed by atoms with E-state index in [1.54, 1.807) is 0 Å². The minimum Gasteiger partial charge on any atom is -0.309 e. The van der Waals surface area contributed by atoms with Gasteiger partial charge in [0.1, 0.15) is 0 Å². The summed E-state index contributed by atoms with van der Waals surface area (Å²) in [5, 5.41) is 7.57. The van der Waals surface area contributed by atoms with Gasteiger partial charge >= 0.3 is 0 Å². The molecule has 0 radical (unpaired) electrons. The Morgan fingerprint density at radius 2 is 0.969 bits per heavy atom. The van der Waals surface area contributed by atoms with E-state index < -0.39 is 5.41 Å². The quantitative estimate of drug-likeness (QED) is 0.163. The van der Waals surface area contributed by atoms with E-state index >= 15 is 0 Å². The van der Waals surface area contributed by atoms with Crippen molar-refractivity contribution < 1.29 is 0 Å². The fourth-order valence-corrected chi connectivity index (χ4v) is 12.1. The monoisotopic (exact) mass is 823 g/mol. The van der Waals surface area contributed by atoms with E-state index in [0.717, 1.165) is 0 Å². The Bertz CT molecular complexity index is 3850. The molecule has 0 spiro atoms. The van der Waals surface area contributed by atoms with Gasteiger partial charge in [-0.2, -0.15) is 0 Å². The fraction of sp³-hybridized carbons (Fsp3) is 0.0312. The maximum absolute atomic E-state index is 2.49. The second-order valence-corrected chi connectivity index (χ2v) is 17.9. The maximum Gasteiger partial charge on any atom is 0.0716 e. The first kappa shape index (κ1) is 36.2. The molecule has 0 amide bonds. The molecule has 1 unspecified atom stereocenters. The number of rotatable bonds is 5. The van der Waals surface area contributed by atoms with E-state index in [4.69, 9.17) is 0 Å². The highest BCUT2D eigenvalue weighted by atomic mass is 15.0. The maximum atomic E-state index is 2.49. The van der Waals surface area contributed by atoms with Gasteiger partial charge in [0.05, 0.1) is 16.4 Å². The molecule has 1 aromatic heterocycles. The van der Waals surface area contributed by atoms with Crippen molar-refractivity contribution in [1.82, 2.24) is 4.57 Å². The molecule has 11 aromatic carbocycles. The molecule has 1 atom stereocenters. The molecule has 0 bridgehead atoms. The summed E-state index contributed by atoms with van der Waals surface area (Å²) in [6, 6.07) is 91.1. The van der Waals surface area contributed by atoms with Gasteiger partial charge in [-0.25, -0.2) is 0 Å². The van der Waals surface area contributed by atoms with E-state index in [2.05, 4.69) is 247 Å². The Hall–Kier alpha value is -8.26. The lowest BCUT2D eigenvalue weighted by atomic mass is 9.65. The number of benzene rings is 11. The zero-order chi connectivity index (χ0) is 42.6. The first-order chi connectivity index (χ1) is 32.3. The molecule has 2 aliphatic rings. The van der Waals surface area contributed by atoms with Crippen LogP contribution >= 0.6 is 0 Å². The van der Waals surface area contributed by atoms with Crippen molar-refractivity contribution in [2.45, 2.75) is 11.3 Å². The first-order valence-corrected chi connectivity index (χ1v) is 22.8. The summed E-state index contributed by atoms with van der Waals surface area (Å²) in [5.41, 5.74) is 20.2. The van der Waals surface area contributed by atoms with Gasteiger partial charge in [-0.1, -0.05) is 206 Å². The highest BCUT2D eigenvalue weighted by Gasteiger charge is 2.50. The molecule has 0 aliphatic heterocycles. The van der Waals surface area contributed by atoms with Crippen molar-refractivity contribution in [1.29, 1.82) is 0 Å². The lowest BCUT2D eigenvalue weighted by Gasteiger charge is -2.36. The minimum absolute atomic E-state index is 0.0126. The smallest absolute Gasteiger partial charge is 0.0716 e. The summed E-state index contributed by atoms with van der Waals surface area (Å²) in [7, 11) is 0. The Morgan fingerprint density at radius 3 is 1.80 bits per heavy atom. The van der Waals surface area contributed by atoms with Gasteiger partial charge in [-0.05, 0) is 130 Å². The van der Waals surface area contributed by atoms with Gasteiger partial charge in [0, 0.05) is 22.4 Å². The molecule has 0 fully saturated rings. The Kier molecular flexibility index (Phi) is 7.73. The van der Waals surface area contributed by atoms with Gasteiger partial charge in [0.25, 0.3) is 0 Å². The molecule has 14 rings (SSSR count). The van der Waals surface area contributed by atoms with Crippen LogP contribution in [-0.2, 0) is 5.41 Å². The summed E-state index contributed by atoms with van der Waals surface area (Å²) in [4.78, 5) is 0. The largest absolute Gasteiger partial charge is 0.309 e. The molecule has 0 N–H and O–H groups in total. The predicted molar refractivity (Wildman–Crippen MR) is 271 cm³/mol. The lowest BCUT2D eigenvalue weighted by Crippen LogP contribution is -2.30. The second-order valence-electron chi connectivity index (χ2n) is 17.9. The van der Waals surface area contributed by atoms with Crippen LogP contribution in [0, 0.1) is 0 Å². The topological polar surface area (TPSA) is 4.93 Å². The molecule has 1 heterocycles. The second kappa shape index (κ2) is 13.9. The molecule has 302 valence electrons. The van der Waals surface area contributed by atoms with Gasteiger partial charge in [0.15, 0.2) is 0 Å². The first-order valence-electron chi connectivity index (χ1n) is 22.8. The highest BCUT2D eigenvalue weighted by molar-refractivity contribution is 6.11. The lowest BCUT2D eigenvalue weighted by molar-refractivity contribution is 0.753. The number of para-hydroxylation sites is 1. The standard InChI is InChI=1S/C64H41N/c1-3-20-46(21-4-1)64(47-22-5-2-6-23-47)58-28-13-11-25-50(58)55-36-35-54-56-39-44(31-34-53(56)61(62(54)63(55)64)52-27-15-19-42-17-9-10-24-49(42)52)45-32-37-60-57(40-45)51-26-12-14-29-59(51)65(60)48-33-30-41-16-7-8-18-43(41)38-48/h1-40,61H. The van der Waals surface area contributed by atoms with E-state index in [1.165, 1.54) is 121 Å². The van der Waals surface area contributed by atoms with Crippen LogP contribution in [0.1, 0.15) is 44.9 Å². The Balaban J connectivity index is 1.03. The van der Waals surface area contributed by atoms with Crippen molar-refractivity contribution in [3.05, 3.63) is 282 Å². The highest BCUT2D eigenvalue weighted by Crippen LogP contribution is 2.63. The van der Waals surface area contributed by atoms with Crippen LogP contribution in [0.2, 0.25) is 0 Å². The number of hydrogen-bond acceptors (Lipinski definition) is 0. The average Bonchev–Trinajstić information content (AvgIpc) is 4.00. The third-order valence-electron chi connectivity index (χ3n) is 14.7. The van der Waals surface area contributed by atoms with E-state index in [-0.39, 0.29) is 5.92 Å². The SMILES string of the molecule is c1ccc(C2(c3ccccc3)c3ccccc3-c3ccc4c(c32)C(c2cccc3ccccc23)c2ccc(-c3ccc5c(c3)c3ccccc3n5-c3ccc5ccccc5c3)cc2-4)cc1. The molecule has 1 nitrogen and oxygen atoms in total. The summed E-state index contributed by atoms with van der Waals surface area (Å²) in [6.07, 6.45) is 0. The van der Waals surface area contributed by atoms with Crippen LogP contribution in [0.15, 0.2) is 243 Å². The predicted octanol–water partition coefficient (Wildman–Crippen LogP) is 16.3. The third kappa shape index (κ3) is 5.10. The Labute approximate surface area is 378 Å². The zero-order valence-electron chi connectivity index (χ0n) is 35.6. The van der Waals surface area contributed by atoms with E-state index in [1.807, 2.05) is 0 Å². The van der Waals surface area contributed by atoms with Crippen LogP contribution in [0.5, 0.6) is 0 Å². The zero-order valence-corrected chi connectivity index (χ0v) is 35.6. The summed E-state index contributed by atoms with van der Waals surface area (Å²) in [6.45, 7) is 0. The molecule has 2 aliphatic carbocycles. The van der Waals surface area contributed by atoms with Crippen LogP contribution in [0.3, 0.4) is 0 Å². The third-order valence-corrected chi connectivity index (χ3v) is 14.7. The number of hydrogen-bond donors (Lipinski definition) is 0. The molecule has 1 heteroatoms. The molecule has 0 saturated carbocycles. The van der Waals surface area contributed by atoms with Crippen molar-refractivity contribution in [3.63, 3.8) is 0 Å². The van der Waals surface area contributed by atoms with Crippen molar-refractivity contribution in [2.75, 3.05) is 0 Å². The molecular weight excluding hydrogens is 783 g/mol. The molecule has 12 aromatic rings. The van der Waals surface area contributed by atoms with E-state index in [0.29, 0.717) is 0 Å². The van der Waals surface area contributed by atoms with Gasteiger partial charge in [-0.15, -0.1) is 0 Å². The van der Waals surface area contributed by atoms with Crippen LogP contribution in [0.4, 0.5) is 0 Å². The number of fused-ring (bicyclic) bond motifs is 12. The van der Waals surface area contributed by atoms with Gasteiger partial charge < -0.3 is 4.57 Å². The summed E-state index contributed by atoms with van der Waals surface area (Å²) in [5.74, 6) is 0.0126. The molecule has 65 heavy (non-hydrogen) atoms. The molecule has 0 saturated heterocycles. The number of nitrogens with zero attached hydrogens (tertiary/aromatic N) is 1. The molecular formula is C64H41N. The van der Waals surface area contributed by atoms with E-state index in [9.17, 15) is 0 Å². The van der Waals surface area contributed by atoms with Crippen molar-refractivity contribution in [3.8, 4) is 39.1 Å². The van der Waals surface area contributed by atoms with Crippen molar-refractivity contribution >= 4 is 43.4 Å². The van der Waals surface area contributed by atoms with Gasteiger partial charge in [0.2, 0.25) is 0 Å². The fourth-order valence-electron chi connectivity index (χ4n) is 12.1. The average molecular weight is 824 g/mol. The normalized spacial score (nSPS) is 14.4. The summed E-state index contributed by atoms with van der Waals surface area (Å²) < 4.78 is 2.43. The van der Waals surface area contributed by atoms with Crippen LogP contribution < -0.4 is 0 Å².